The summed E-state index contributed by atoms with van der Waals surface area (Å²) < 4.78 is 26.3. The lowest BCUT2D eigenvalue weighted by Gasteiger charge is -2.21. The Kier molecular flexibility index (Phi) is 5.62. The highest BCUT2D eigenvalue weighted by atomic mass is 35.5. The number of aliphatic hydroxyl groups is 1. The Hall–Kier alpha value is -0.660. The van der Waals surface area contributed by atoms with E-state index in [1.807, 2.05) is 0 Å². The molecule has 0 atom stereocenters. The van der Waals surface area contributed by atoms with Crippen molar-refractivity contribution in [3.05, 3.63) is 28.8 Å². The molecule has 1 N–H and O–H groups in total. The number of halogens is 1. The van der Waals surface area contributed by atoms with Gasteiger partial charge in [0.1, 0.15) is 0 Å². The number of hydrogen-bond donors (Lipinski definition) is 1. The summed E-state index contributed by atoms with van der Waals surface area (Å²) in [5, 5.41) is 9.35. The minimum atomic E-state index is -3.54. The zero-order chi connectivity index (χ0) is 15.5. The summed E-state index contributed by atoms with van der Waals surface area (Å²) in [6, 6.07) is 4.43. The Morgan fingerprint density at radius 2 is 2.00 bits per heavy atom. The fourth-order valence-electron chi connectivity index (χ4n) is 2.41. The number of hydrogen-bond acceptors (Lipinski definition) is 4. The molecular weight excluding hydrogens is 312 g/mol. The van der Waals surface area contributed by atoms with E-state index in [-0.39, 0.29) is 16.5 Å². The highest BCUT2D eigenvalue weighted by Crippen LogP contribution is 2.23. The SMILES string of the molecule is CN(CCN1CCCC1)S(=O)(=O)c1ccc(CO)c(Cl)c1. The number of sulfonamides is 1. The van der Waals surface area contributed by atoms with Gasteiger partial charge in [-0.1, -0.05) is 17.7 Å². The molecule has 118 valence electrons. The summed E-state index contributed by atoms with van der Waals surface area (Å²) in [4.78, 5) is 2.43. The van der Waals surface area contributed by atoms with Crippen molar-refractivity contribution in [2.45, 2.75) is 24.3 Å². The Morgan fingerprint density at radius 1 is 1.33 bits per heavy atom. The molecule has 1 aliphatic rings. The predicted octanol–water partition coefficient (Wildman–Crippen LogP) is 1.55. The van der Waals surface area contributed by atoms with Crippen LogP contribution in [-0.4, -0.2) is 56.0 Å². The molecule has 1 saturated heterocycles. The van der Waals surface area contributed by atoms with Gasteiger partial charge in [-0.05, 0) is 43.6 Å². The first-order chi connectivity index (χ1) is 9.95. The number of likely N-dealkylation sites (tertiary alicyclic amines) is 1. The average Bonchev–Trinajstić information content (AvgIpc) is 2.97. The Labute approximate surface area is 131 Å². The van der Waals surface area contributed by atoms with Crippen LogP contribution in [0.5, 0.6) is 0 Å². The minimum Gasteiger partial charge on any atom is -0.392 e. The lowest BCUT2D eigenvalue weighted by atomic mass is 10.2. The van der Waals surface area contributed by atoms with Crippen LogP contribution in [-0.2, 0) is 16.6 Å². The zero-order valence-electron chi connectivity index (χ0n) is 12.1. The van der Waals surface area contributed by atoms with Crippen LogP contribution >= 0.6 is 11.6 Å². The molecular formula is C14H21ClN2O3S. The van der Waals surface area contributed by atoms with Crippen LogP contribution in [0.15, 0.2) is 23.1 Å². The molecule has 2 rings (SSSR count). The third kappa shape index (κ3) is 3.96. The number of benzene rings is 1. The molecule has 1 aliphatic heterocycles. The van der Waals surface area contributed by atoms with E-state index < -0.39 is 10.0 Å². The van der Waals surface area contributed by atoms with Gasteiger partial charge in [0, 0.05) is 25.2 Å². The van der Waals surface area contributed by atoms with E-state index >= 15 is 0 Å². The monoisotopic (exact) mass is 332 g/mol. The fourth-order valence-corrected chi connectivity index (χ4v) is 3.90. The van der Waals surface area contributed by atoms with Gasteiger partial charge < -0.3 is 10.0 Å². The standard InChI is InChI=1S/C14H21ClN2O3S/c1-16(8-9-17-6-2-3-7-17)21(19,20)13-5-4-12(11-18)14(15)10-13/h4-5,10,18H,2-3,6-9,11H2,1H3. The molecule has 1 aromatic carbocycles. The smallest absolute Gasteiger partial charge is 0.242 e. The Morgan fingerprint density at radius 3 is 2.57 bits per heavy atom. The number of nitrogens with zero attached hydrogens (tertiary/aromatic N) is 2. The van der Waals surface area contributed by atoms with Crippen molar-refractivity contribution in [1.82, 2.24) is 9.21 Å². The van der Waals surface area contributed by atoms with Crippen molar-refractivity contribution >= 4 is 21.6 Å². The van der Waals surface area contributed by atoms with Gasteiger partial charge in [0.15, 0.2) is 0 Å². The van der Waals surface area contributed by atoms with E-state index in [0.717, 1.165) is 19.6 Å². The van der Waals surface area contributed by atoms with E-state index in [4.69, 9.17) is 16.7 Å². The summed E-state index contributed by atoms with van der Waals surface area (Å²) in [5.74, 6) is 0. The summed E-state index contributed by atoms with van der Waals surface area (Å²) in [6.07, 6.45) is 2.38. The topological polar surface area (TPSA) is 60.9 Å². The molecule has 0 aliphatic carbocycles. The predicted molar refractivity (Wildman–Crippen MR) is 82.9 cm³/mol. The van der Waals surface area contributed by atoms with Gasteiger partial charge >= 0.3 is 0 Å². The van der Waals surface area contributed by atoms with E-state index in [2.05, 4.69) is 4.90 Å². The van der Waals surface area contributed by atoms with Gasteiger partial charge in [-0.25, -0.2) is 8.42 Å². The largest absolute Gasteiger partial charge is 0.392 e. The molecule has 0 saturated carbocycles. The van der Waals surface area contributed by atoms with Crippen LogP contribution in [0.1, 0.15) is 18.4 Å². The molecule has 0 radical (unpaired) electrons. The molecule has 5 nitrogen and oxygen atoms in total. The average molecular weight is 333 g/mol. The van der Waals surface area contributed by atoms with Crippen molar-refractivity contribution in [3.8, 4) is 0 Å². The second-order valence-corrected chi connectivity index (χ2v) is 7.74. The van der Waals surface area contributed by atoms with Crippen LogP contribution in [0.25, 0.3) is 0 Å². The van der Waals surface area contributed by atoms with Gasteiger partial charge in [0.2, 0.25) is 10.0 Å². The maximum absolute atomic E-state index is 12.5. The third-order valence-corrected chi connectivity index (χ3v) is 6.04. The number of aliphatic hydroxyl groups excluding tert-OH is 1. The molecule has 0 unspecified atom stereocenters. The lowest BCUT2D eigenvalue weighted by molar-refractivity contribution is 0.282. The van der Waals surface area contributed by atoms with Gasteiger partial charge in [-0.3, -0.25) is 0 Å². The van der Waals surface area contributed by atoms with Crippen LogP contribution < -0.4 is 0 Å². The Balaban J connectivity index is 2.07. The summed E-state index contributed by atoms with van der Waals surface area (Å²) in [6.45, 7) is 3.10. The van der Waals surface area contributed by atoms with Crippen LogP contribution in [0, 0.1) is 0 Å². The molecule has 0 bridgehead atoms. The highest BCUT2D eigenvalue weighted by molar-refractivity contribution is 7.89. The molecule has 1 aromatic rings. The fraction of sp³-hybridized carbons (Fsp3) is 0.571. The van der Waals surface area contributed by atoms with Crippen molar-refractivity contribution in [2.75, 3.05) is 33.2 Å². The molecule has 0 amide bonds. The second kappa shape index (κ2) is 7.07. The number of rotatable bonds is 6. The normalized spacial score (nSPS) is 16.8. The van der Waals surface area contributed by atoms with E-state index in [1.54, 1.807) is 13.1 Å². The van der Waals surface area contributed by atoms with E-state index in [0.29, 0.717) is 12.1 Å². The molecule has 0 spiro atoms. The molecule has 21 heavy (non-hydrogen) atoms. The van der Waals surface area contributed by atoms with Gasteiger partial charge in [0.25, 0.3) is 0 Å². The third-order valence-electron chi connectivity index (χ3n) is 3.83. The Bertz CT molecular complexity index is 586. The zero-order valence-corrected chi connectivity index (χ0v) is 13.7. The molecule has 0 aromatic heterocycles. The van der Waals surface area contributed by atoms with Crippen molar-refractivity contribution in [3.63, 3.8) is 0 Å². The molecule has 1 fully saturated rings. The van der Waals surface area contributed by atoms with Gasteiger partial charge in [-0.2, -0.15) is 4.31 Å². The van der Waals surface area contributed by atoms with Crippen LogP contribution in [0.4, 0.5) is 0 Å². The second-order valence-electron chi connectivity index (χ2n) is 5.29. The van der Waals surface area contributed by atoms with Crippen LogP contribution in [0.2, 0.25) is 5.02 Å². The maximum atomic E-state index is 12.5. The molecule has 7 heteroatoms. The quantitative estimate of drug-likeness (QED) is 0.858. The highest BCUT2D eigenvalue weighted by Gasteiger charge is 2.22. The number of likely N-dealkylation sites (N-methyl/N-ethyl adjacent to an activating group) is 1. The van der Waals surface area contributed by atoms with Crippen molar-refractivity contribution in [2.24, 2.45) is 0 Å². The molecule has 1 heterocycles. The summed E-state index contributed by atoms with van der Waals surface area (Å²) in [5.41, 5.74) is 0.523. The van der Waals surface area contributed by atoms with Crippen molar-refractivity contribution in [1.29, 1.82) is 0 Å². The first-order valence-corrected chi connectivity index (χ1v) is 8.85. The van der Waals surface area contributed by atoms with E-state index in [9.17, 15) is 8.42 Å². The van der Waals surface area contributed by atoms with Crippen LogP contribution in [0.3, 0.4) is 0 Å². The van der Waals surface area contributed by atoms with Crippen molar-refractivity contribution < 1.29 is 13.5 Å². The summed E-state index contributed by atoms with van der Waals surface area (Å²) >= 11 is 5.97. The first-order valence-electron chi connectivity index (χ1n) is 7.03. The lowest BCUT2D eigenvalue weighted by Crippen LogP contribution is -2.35. The minimum absolute atomic E-state index is 0.161. The maximum Gasteiger partial charge on any atom is 0.242 e. The van der Waals surface area contributed by atoms with E-state index in [1.165, 1.54) is 29.3 Å². The van der Waals surface area contributed by atoms with Gasteiger partial charge in [0.05, 0.1) is 11.5 Å². The summed E-state index contributed by atoms with van der Waals surface area (Å²) in [7, 11) is -1.95. The van der Waals surface area contributed by atoms with Gasteiger partial charge in [-0.15, -0.1) is 0 Å². The first kappa shape index (κ1) is 16.7.